The largest absolute Gasteiger partial charge is 0.573 e. The van der Waals surface area contributed by atoms with Gasteiger partial charge in [0.1, 0.15) is 5.54 Å². The Morgan fingerprint density at radius 3 is 1.96 bits per heavy atom. The third kappa shape index (κ3) is 5.88. The van der Waals surface area contributed by atoms with Gasteiger partial charge in [0.25, 0.3) is 0 Å². The number of esters is 1. The highest BCUT2D eigenvalue weighted by atomic mass is 19.4. The minimum absolute atomic E-state index is 0.0312. The molecule has 0 aliphatic heterocycles. The van der Waals surface area contributed by atoms with Crippen molar-refractivity contribution in [1.82, 2.24) is 19.7 Å². The quantitative estimate of drug-likeness (QED) is 0.124. The zero-order valence-electron chi connectivity index (χ0n) is 26.3. The Morgan fingerprint density at radius 2 is 1.39 bits per heavy atom. The third-order valence-electron chi connectivity index (χ3n) is 8.44. The fourth-order valence-corrected chi connectivity index (χ4v) is 6.46. The molecule has 0 saturated heterocycles. The van der Waals surface area contributed by atoms with Crippen molar-refractivity contribution in [3.8, 4) is 17.1 Å². The number of alkyl halides is 3. The molecule has 0 spiro atoms. The zero-order chi connectivity index (χ0) is 34.0. The van der Waals surface area contributed by atoms with Gasteiger partial charge in [-0.25, -0.2) is 19.4 Å². The van der Waals surface area contributed by atoms with Gasteiger partial charge in [-0.05, 0) is 54.2 Å². The number of nitrogens with zero attached hydrogens (tertiary/aromatic N) is 4. The van der Waals surface area contributed by atoms with Crippen LogP contribution in [0.25, 0.3) is 11.4 Å². The normalized spacial score (nSPS) is 12.5. The summed E-state index contributed by atoms with van der Waals surface area (Å²) in [5.41, 5.74) is 4.26. The second-order valence-electron chi connectivity index (χ2n) is 11.4. The zero-order valence-corrected chi connectivity index (χ0v) is 26.3. The van der Waals surface area contributed by atoms with E-state index in [2.05, 4.69) is 15.0 Å². The van der Waals surface area contributed by atoms with E-state index >= 15 is 0 Å². The lowest BCUT2D eigenvalue weighted by atomic mass is 9.76. The Balaban J connectivity index is 1.51. The Labute approximate surface area is 280 Å². The summed E-state index contributed by atoms with van der Waals surface area (Å²) < 4.78 is 51.3. The number of aromatic nitrogens is 4. The average molecular weight is 662 g/mol. The van der Waals surface area contributed by atoms with Crippen LogP contribution in [0.2, 0.25) is 0 Å². The van der Waals surface area contributed by atoms with Crippen LogP contribution in [0.3, 0.4) is 0 Å². The summed E-state index contributed by atoms with van der Waals surface area (Å²) in [5, 5.41) is 8.01. The summed E-state index contributed by atoms with van der Waals surface area (Å²) in [7, 11) is 0. The second-order valence-corrected chi connectivity index (χ2v) is 11.4. The summed E-state index contributed by atoms with van der Waals surface area (Å²) in [6.45, 7) is 1.90. The van der Waals surface area contributed by atoms with Gasteiger partial charge in [0.2, 0.25) is 5.95 Å². The van der Waals surface area contributed by atoms with E-state index in [-0.39, 0.29) is 23.9 Å². The summed E-state index contributed by atoms with van der Waals surface area (Å²) >= 11 is 0. The van der Waals surface area contributed by atoms with E-state index in [1.807, 2.05) is 95.7 Å². The van der Waals surface area contributed by atoms with Crippen molar-refractivity contribution in [2.24, 2.45) is 0 Å². The number of nitrogens with one attached hydrogen (secondary N) is 1. The highest BCUT2D eigenvalue weighted by Crippen LogP contribution is 2.46. The van der Waals surface area contributed by atoms with E-state index in [1.54, 1.807) is 19.2 Å². The molecule has 1 aliphatic rings. The van der Waals surface area contributed by atoms with E-state index in [0.29, 0.717) is 29.8 Å². The lowest BCUT2D eigenvalue weighted by Crippen LogP contribution is -2.39. The van der Waals surface area contributed by atoms with Gasteiger partial charge >= 0.3 is 12.3 Å². The molecule has 0 atom stereocenters. The Morgan fingerprint density at radius 1 is 0.816 bits per heavy atom. The van der Waals surface area contributed by atoms with Crippen molar-refractivity contribution < 1.29 is 27.4 Å². The smallest absolute Gasteiger partial charge is 0.461 e. The first-order valence-corrected chi connectivity index (χ1v) is 15.7. The van der Waals surface area contributed by atoms with E-state index in [9.17, 15) is 18.0 Å². The number of aryl methyl sites for hydroxylation is 1. The van der Waals surface area contributed by atoms with Gasteiger partial charge in [-0.1, -0.05) is 103 Å². The number of benzene rings is 4. The number of fused-ring (bicyclic) bond motifs is 3. The molecule has 4 aromatic carbocycles. The maximum absolute atomic E-state index is 13.6. The van der Waals surface area contributed by atoms with Crippen LogP contribution in [-0.4, -0.2) is 38.7 Å². The van der Waals surface area contributed by atoms with Crippen LogP contribution in [0.1, 0.15) is 45.2 Å². The number of hydrogen-bond donors (Lipinski definition) is 1. The van der Waals surface area contributed by atoms with Crippen LogP contribution >= 0.6 is 0 Å². The molecule has 11 heteroatoms. The van der Waals surface area contributed by atoms with Crippen molar-refractivity contribution in [3.05, 3.63) is 155 Å². The van der Waals surface area contributed by atoms with Crippen LogP contribution in [-0.2, 0) is 23.1 Å². The number of carbonyl (C=O) groups excluding carboxylic acids is 1. The Kier molecular flexibility index (Phi) is 8.33. The molecule has 7 rings (SSSR count). The van der Waals surface area contributed by atoms with Gasteiger partial charge in [-0.15, -0.1) is 13.2 Å². The standard InChI is InChI=1S/C38H30F3N5O3/c1-2-48-35(47)33-29-23-22-25-24-42-36(43-30-20-12-13-21-31(30)49-38(39,40)41)44-32(25)34(29)46(45-33)37(26-14-6-3-7-15-26,27-16-8-4-9-17-27)28-18-10-5-11-19-28/h3-21,24H,2,22-23H2,1H3,(H,42,43,44). The summed E-state index contributed by atoms with van der Waals surface area (Å²) in [5.74, 6) is -0.947. The van der Waals surface area contributed by atoms with Crippen LogP contribution < -0.4 is 10.1 Å². The fourth-order valence-electron chi connectivity index (χ4n) is 6.46. The molecular weight excluding hydrogens is 631 g/mol. The summed E-state index contributed by atoms with van der Waals surface area (Å²) in [6.07, 6.45) is -2.28. The molecule has 0 saturated carbocycles. The SMILES string of the molecule is CCOC(=O)c1nn(C(c2ccccc2)(c2ccccc2)c2ccccc2)c2c1CCc1cnc(Nc3ccccc3OC(F)(F)F)nc1-2. The highest BCUT2D eigenvalue weighted by molar-refractivity contribution is 5.92. The molecule has 6 aromatic rings. The highest BCUT2D eigenvalue weighted by Gasteiger charge is 2.44. The molecule has 246 valence electrons. The third-order valence-corrected chi connectivity index (χ3v) is 8.44. The lowest BCUT2D eigenvalue weighted by molar-refractivity contribution is -0.274. The number of ether oxygens (including phenoxy) is 2. The first-order chi connectivity index (χ1) is 23.8. The molecule has 0 fully saturated rings. The van der Waals surface area contributed by atoms with Crippen LogP contribution in [0, 0.1) is 0 Å². The van der Waals surface area contributed by atoms with Crippen molar-refractivity contribution in [3.63, 3.8) is 0 Å². The van der Waals surface area contributed by atoms with Crippen molar-refractivity contribution in [2.75, 3.05) is 11.9 Å². The first-order valence-electron chi connectivity index (χ1n) is 15.7. The van der Waals surface area contributed by atoms with E-state index < -0.39 is 23.6 Å². The molecule has 0 bridgehead atoms. The summed E-state index contributed by atoms with van der Waals surface area (Å²) in [4.78, 5) is 22.9. The molecule has 8 nitrogen and oxygen atoms in total. The van der Waals surface area contributed by atoms with Crippen LogP contribution in [0.4, 0.5) is 24.8 Å². The van der Waals surface area contributed by atoms with Crippen molar-refractivity contribution in [1.29, 1.82) is 0 Å². The van der Waals surface area contributed by atoms with Gasteiger partial charge in [0.05, 0.1) is 23.7 Å². The monoisotopic (exact) mass is 661 g/mol. The van der Waals surface area contributed by atoms with E-state index in [0.717, 1.165) is 22.3 Å². The van der Waals surface area contributed by atoms with Gasteiger partial charge in [-0.2, -0.15) is 5.10 Å². The Hall–Kier alpha value is -5.97. The topological polar surface area (TPSA) is 91.2 Å². The molecule has 1 N–H and O–H groups in total. The number of hydrogen-bond acceptors (Lipinski definition) is 7. The fraction of sp³-hybridized carbons (Fsp3) is 0.158. The van der Waals surface area contributed by atoms with E-state index in [4.69, 9.17) is 14.8 Å². The predicted molar refractivity (Wildman–Crippen MR) is 178 cm³/mol. The molecule has 2 aromatic heterocycles. The minimum atomic E-state index is -4.89. The van der Waals surface area contributed by atoms with Gasteiger partial charge in [0.15, 0.2) is 11.4 Å². The maximum Gasteiger partial charge on any atom is 0.573 e. The van der Waals surface area contributed by atoms with Crippen molar-refractivity contribution in [2.45, 2.75) is 31.7 Å². The van der Waals surface area contributed by atoms with E-state index in [1.165, 1.54) is 18.2 Å². The van der Waals surface area contributed by atoms with Gasteiger partial charge < -0.3 is 14.8 Å². The number of carbonyl (C=O) groups is 1. The van der Waals surface area contributed by atoms with Gasteiger partial charge in [-0.3, -0.25) is 0 Å². The predicted octanol–water partition coefficient (Wildman–Crippen LogP) is 8.10. The number of para-hydroxylation sites is 2. The minimum Gasteiger partial charge on any atom is -0.461 e. The summed E-state index contributed by atoms with van der Waals surface area (Å²) in [6, 6.07) is 35.3. The molecule has 0 amide bonds. The van der Waals surface area contributed by atoms with Crippen molar-refractivity contribution >= 4 is 17.6 Å². The molecule has 2 heterocycles. The number of halogens is 3. The maximum atomic E-state index is 13.6. The van der Waals surface area contributed by atoms with Crippen LogP contribution in [0.15, 0.2) is 121 Å². The molecule has 0 unspecified atom stereocenters. The average Bonchev–Trinajstić information content (AvgIpc) is 3.51. The first kappa shape index (κ1) is 31.6. The second kappa shape index (κ2) is 12.9. The number of anilines is 2. The number of rotatable bonds is 9. The van der Waals surface area contributed by atoms with Crippen LogP contribution in [0.5, 0.6) is 5.75 Å². The Bertz CT molecular complexity index is 2010. The molecular formula is C38H30F3N5O3. The molecule has 1 aliphatic carbocycles. The van der Waals surface area contributed by atoms with Gasteiger partial charge in [0, 0.05) is 11.8 Å². The molecule has 0 radical (unpaired) electrons. The molecule has 49 heavy (non-hydrogen) atoms. The lowest BCUT2D eigenvalue weighted by Gasteiger charge is -2.38.